The van der Waals surface area contributed by atoms with E-state index in [9.17, 15) is 5.11 Å². The van der Waals surface area contributed by atoms with Crippen LogP contribution in [-0.4, -0.2) is 31.5 Å². The summed E-state index contributed by atoms with van der Waals surface area (Å²) in [5.74, 6) is -0.676. The van der Waals surface area contributed by atoms with Crippen molar-refractivity contribution < 1.29 is 19.3 Å². The summed E-state index contributed by atoms with van der Waals surface area (Å²) in [7, 11) is 0. The Labute approximate surface area is 108 Å². The molecule has 0 aliphatic rings. The average Bonchev–Trinajstić information content (AvgIpc) is 2.37. The van der Waals surface area contributed by atoms with Crippen molar-refractivity contribution in [3.8, 4) is 5.75 Å². The molecular weight excluding hydrogens is 232 g/mol. The van der Waals surface area contributed by atoms with Crippen LogP contribution in [-0.2, 0) is 20.0 Å². The Morgan fingerprint density at radius 3 is 1.94 bits per heavy atom. The predicted molar refractivity (Wildman–Crippen MR) is 69.5 cm³/mol. The van der Waals surface area contributed by atoms with E-state index in [1.807, 2.05) is 20.8 Å². The first-order valence-electron chi connectivity index (χ1n) is 6.33. The van der Waals surface area contributed by atoms with Gasteiger partial charge in [0, 0.05) is 25.4 Å². The van der Waals surface area contributed by atoms with Crippen LogP contribution in [0.15, 0.2) is 24.3 Å². The van der Waals surface area contributed by atoms with Gasteiger partial charge < -0.3 is 19.3 Å². The molecule has 1 aromatic carbocycles. The largest absolute Gasteiger partial charge is 0.508 e. The van der Waals surface area contributed by atoms with Crippen molar-refractivity contribution in [2.24, 2.45) is 0 Å². The lowest BCUT2D eigenvalue weighted by Crippen LogP contribution is -2.38. The summed E-state index contributed by atoms with van der Waals surface area (Å²) in [6, 6.07) is 6.82. The molecule has 1 N–H and O–H groups in total. The lowest BCUT2D eigenvalue weighted by molar-refractivity contribution is -0.267. The second kappa shape index (κ2) is 7.36. The van der Waals surface area contributed by atoms with Gasteiger partial charge in [-0.3, -0.25) is 0 Å². The molecule has 1 aromatic rings. The molecule has 0 heterocycles. The minimum atomic E-state index is -0.896. The molecule has 0 spiro atoms. The number of phenolic OH excluding ortho intramolecular Hbond substituents is 1. The zero-order valence-corrected chi connectivity index (χ0v) is 11.3. The van der Waals surface area contributed by atoms with E-state index in [2.05, 4.69) is 0 Å². The standard InChI is InChI=1S/C14H22O4/c1-4-16-11-14(17-5-2,18-6-3)12-7-9-13(15)10-8-12/h7-10,15H,4-6,11H2,1-3H3. The normalized spacial score (nSPS) is 11.7. The van der Waals surface area contributed by atoms with Crippen molar-refractivity contribution in [3.63, 3.8) is 0 Å². The number of phenols is 1. The van der Waals surface area contributed by atoms with Crippen molar-refractivity contribution in [2.45, 2.75) is 26.6 Å². The zero-order valence-electron chi connectivity index (χ0n) is 11.3. The number of hydrogen-bond donors (Lipinski definition) is 1. The Morgan fingerprint density at radius 1 is 0.944 bits per heavy atom. The van der Waals surface area contributed by atoms with Gasteiger partial charge in [-0.1, -0.05) is 0 Å². The van der Waals surface area contributed by atoms with Crippen molar-refractivity contribution in [2.75, 3.05) is 26.4 Å². The van der Waals surface area contributed by atoms with Gasteiger partial charge in [0.15, 0.2) is 0 Å². The summed E-state index contributed by atoms with van der Waals surface area (Å²) in [4.78, 5) is 0. The van der Waals surface area contributed by atoms with Gasteiger partial charge in [-0.15, -0.1) is 0 Å². The van der Waals surface area contributed by atoms with Crippen molar-refractivity contribution in [1.29, 1.82) is 0 Å². The van der Waals surface area contributed by atoms with E-state index in [1.54, 1.807) is 24.3 Å². The van der Waals surface area contributed by atoms with Gasteiger partial charge in [0.2, 0.25) is 5.79 Å². The molecule has 0 atom stereocenters. The van der Waals surface area contributed by atoms with E-state index in [-0.39, 0.29) is 5.75 Å². The summed E-state index contributed by atoms with van der Waals surface area (Å²) in [6.07, 6.45) is 0. The lowest BCUT2D eigenvalue weighted by atomic mass is 10.1. The monoisotopic (exact) mass is 254 g/mol. The number of hydrogen-bond acceptors (Lipinski definition) is 4. The lowest BCUT2D eigenvalue weighted by Gasteiger charge is -2.33. The predicted octanol–water partition coefficient (Wildman–Crippen LogP) is 2.65. The summed E-state index contributed by atoms with van der Waals surface area (Å²) >= 11 is 0. The van der Waals surface area contributed by atoms with Crippen LogP contribution in [0.3, 0.4) is 0 Å². The Kier molecular flexibility index (Phi) is 6.12. The second-order valence-electron chi connectivity index (χ2n) is 3.80. The number of ether oxygens (including phenoxy) is 3. The first-order chi connectivity index (χ1) is 8.68. The maximum absolute atomic E-state index is 9.35. The van der Waals surface area contributed by atoms with E-state index < -0.39 is 5.79 Å². The van der Waals surface area contributed by atoms with Crippen LogP contribution in [0, 0.1) is 0 Å². The maximum Gasteiger partial charge on any atom is 0.219 e. The quantitative estimate of drug-likeness (QED) is 0.724. The smallest absolute Gasteiger partial charge is 0.219 e. The highest BCUT2D eigenvalue weighted by atomic mass is 16.7. The third-order valence-electron chi connectivity index (χ3n) is 2.56. The van der Waals surface area contributed by atoms with Crippen LogP contribution in [0.25, 0.3) is 0 Å². The molecule has 0 aromatic heterocycles. The van der Waals surface area contributed by atoms with Gasteiger partial charge >= 0.3 is 0 Å². The van der Waals surface area contributed by atoms with E-state index in [0.29, 0.717) is 26.4 Å². The van der Waals surface area contributed by atoms with Crippen molar-refractivity contribution in [3.05, 3.63) is 29.8 Å². The number of aromatic hydroxyl groups is 1. The Hall–Kier alpha value is -1.10. The highest BCUT2D eigenvalue weighted by molar-refractivity contribution is 5.29. The molecule has 0 saturated carbocycles. The Balaban J connectivity index is 3.01. The molecule has 0 aliphatic carbocycles. The van der Waals surface area contributed by atoms with Gasteiger partial charge in [0.25, 0.3) is 0 Å². The maximum atomic E-state index is 9.35. The Bertz CT molecular complexity index is 328. The Morgan fingerprint density at radius 2 is 1.50 bits per heavy atom. The first-order valence-corrected chi connectivity index (χ1v) is 6.33. The molecule has 4 heteroatoms. The van der Waals surface area contributed by atoms with Crippen LogP contribution >= 0.6 is 0 Å². The number of benzene rings is 1. The molecule has 0 aliphatic heterocycles. The van der Waals surface area contributed by atoms with E-state index in [4.69, 9.17) is 14.2 Å². The van der Waals surface area contributed by atoms with Crippen LogP contribution in [0.4, 0.5) is 0 Å². The minimum Gasteiger partial charge on any atom is -0.508 e. The number of rotatable bonds is 8. The highest BCUT2D eigenvalue weighted by Crippen LogP contribution is 2.29. The molecule has 0 unspecified atom stereocenters. The molecule has 0 saturated heterocycles. The fraction of sp³-hybridized carbons (Fsp3) is 0.571. The van der Waals surface area contributed by atoms with Crippen LogP contribution < -0.4 is 0 Å². The van der Waals surface area contributed by atoms with Gasteiger partial charge in [0.05, 0.1) is 0 Å². The van der Waals surface area contributed by atoms with Gasteiger partial charge in [-0.2, -0.15) is 0 Å². The molecule has 0 bridgehead atoms. The fourth-order valence-electron chi connectivity index (χ4n) is 1.79. The van der Waals surface area contributed by atoms with Gasteiger partial charge in [-0.05, 0) is 45.0 Å². The topological polar surface area (TPSA) is 47.9 Å². The van der Waals surface area contributed by atoms with Crippen molar-refractivity contribution >= 4 is 0 Å². The SMILES string of the molecule is CCOCC(OCC)(OCC)c1ccc(O)cc1. The second-order valence-corrected chi connectivity index (χ2v) is 3.80. The summed E-state index contributed by atoms with van der Waals surface area (Å²) in [6.45, 7) is 7.73. The average molecular weight is 254 g/mol. The van der Waals surface area contributed by atoms with Crippen LogP contribution in [0.2, 0.25) is 0 Å². The summed E-state index contributed by atoms with van der Waals surface area (Å²) < 4.78 is 17.0. The molecule has 1 rings (SSSR count). The summed E-state index contributed by atoms with van der Waals surface area (Å²) in [5.41, 5.74) is 0.845. The third kappa shape index (κ3) is 3.70. The molecule has 0 amide bonds. The van der Waals surface area contributed by atoms with Crippen LogP contribution in [0.1, 0.15) is 26.3 Å². The third-order valence-corrected chi connectivity index (χ3v) is 2.56. The first kappa shape index (κ1) is 15.0. The zero-order chi connectivity index (χ0) is 13.4. The molecule has 102 valence electrons. The van der Waals surface area contributed by atoms with E-state index >= 15 is 0 Å². The van der Waals surface area contributed by atoms with Gasteiger partial charge in [-0.25, -0.2) is 0 Å². The molecule has 0 fully saturated rings. The fourth-order valence-corrected chi connectivity index (χ4v) is 1.79. The van der Waals surface area contributed by atoms with E-state index in [1.165, 1.54) is 0 Å². The highest BCUT2D eigenvalue weighted by Gasteiger charge is 2.34. The molecule has 0 radical (unpaired) electrons. The van der Waals surface area contributed by atoms with Crippen molar-refractivity contribution in [1.82, 2.24) is 0 Å². The molecule has 4 nitrogen and oxygen atoms in total. The molecule has 18 heavy (non-hydrogen) atoms. The van der Waals surface area contributed by atoms with E-state index in [0.717, 1.165) is 5.56 Å². The summed E-state index contributed by atoms with van der Waals surface area (Å²) in [5, 5.41) is 9.35. The minimum absolute atomic E-state index is 0.219. The van der Waals surface area contributed by atoms with Gasteiger partial charge in [0.1, 0.15) is 12.4 Å². The molecular formula is C14H22O4. The van der Waals surface area contributed by atoms with Crippen LogP contribution in [0.5, 0.6) is 5.75 Å².